The average Bonchev–Trinajstić information content (AvgIpc) is 3.39. The second kappa shape index (κ2) is 10.7. The molecular weight excluding hydrogens is 540 g/mol. The highest BCUT2D eigenvalue weighted by molar-refractivity contribution is 7.92. The molecule has 1 amide bonds. The summed E-state index contributed by atoms with van der Waals surface area (Å²) in [5.74, 6) is 1.07. The van der Waals surface area contributed by atoms with Crippen LogP contribution in [-0.2, 0) is 27.7 Å². The monoisotopic (exact) mass is 572 g/mol. The Bertz CT molecular complexity index is 1730. The molecule has 10 nitrogen and oxygen atoms in total. The second-order valence-corrected chi connectivity index (χ2v) is 12.6. The lowest BCUT2D eigenvalue weighted by Gasteiger charge is -2.36. The summed E-state index contributed by atoms with van der Waals surface area (Å²) in [5.41, 5.74) is 4.40. The molecule has 2 aliphatic rings. The number of morpholine rings is 1. The lowest BCUT2D eigenvalue weighted by molar-refractivity contribution is -0.00545. The van der Waals surface area contributed by atoms with Crippen LogP contribution in [0.1, 0.15) is 35.6 Å². The standard InChI is InChI=1S/C30H32N6O4S/c1-19-17-35(18-20(2)40-19)29-6-4-5-25(34-29)22-8-10-24-15-31-28(33-26(24)13-22)16-32-30(37)23-9-7-21-11-12-36(27(21)14-23)41(3,38)39/h4-10,13-15,19-20H,11-12,16-18H2,1-3H3,(H,32,37)/t19-,20+. The Labute approximate surface area is 239 Å². The Morgan fingerprint density at radius 2 is 1.85 bits per heavy atom. The Morgan fingerprint density at radius 1 is 1.05 bits per heavy atom. The van der Waals surface area contributed by atoms with E-state index in [9.17, 15) is 13.2 Å². The van der Waals surface area contributed by atoms with Gasteiger partial charge < -0.3 is 15.0 Å². The second-order valence-electron chi connectivity index (χ2n) is 10.7. The SMILES string of the molecule is C[C@@H]1CN(c2cccc(-c3ccc4cnc(CNC(=O)c5ccc6c(c5)N(S(C)(=O)=O)CC6)nc4c3)n2)C[C@H](C)O1. The number of amides is 1. The summed E-state index contributed by atoms with van der Waals surface area (Å²) in [6, 6.07) is 17.2. The Balaban J connectivity index is 1.19. The fourth-order valence-corrected chi connectivity index (χ4v) is 6.48. The minimum Gasteiger partial charge on any atom is -0.372 e. The third kappa shape index (κ3) is 5.73. The molecule has 0 saturated carbocycles. The van der Waals surface area contributed by atoms with Crippen molar-refractivity contribution in [2.45, 2.75) is 39.0 Å². The molecule has 4 heterocycles. The Kier molecular flexibility index (Phi) is 7.08. The fourth-order valence-electron chi connectivity index (χ4n) is 5.53. The van der Waals surface area contributed by atoms with Gasteiger partial charge in [-0.2, -0.15) is 0 Å². The maximum Gasteiger partial charge on any atom is 0.251 e. The molecule has 0 unspecified atom stereocenters. The first kappa shape index (κ1) is 27.1. The van der Waals surface area contributed by atoms with Gasteiger partial charge in [0.15, 0.2) is 0 Å². The van der Waals surface area contributed by atoms with E-state index >= 15 is 0 Å². The molecule has 2 aliphatic heterocycles. The van der Waals surface area contributed by atoms with Gasteiger partial charge in [-0.1, -0.05) is 24.3 Å². The molecule has 6 rings (SSSR count). The van der Waals surface area contributed by atoms with E-state index in [1.54, 1.807) is 18.3 Å². The number of ether oxygens (including phenoxy) is 1. The molecule has 2 atom stereocenters. The zero-order valence-electron chi connectivity index (χ0n) is 23.2. The topological polar surface area (TPSA) is 118 Å². The Hall–Kier alpha value is -4.09. The van der Waals surface area contributed by atoms with Crippen molar-refractivity contribution < 1.29 is 17.9 Å². The van der Waals surface area contributed by atoms with Crippen LogP contribution in [0.3, 0.4) is 0 Å². The van der Waals surface area contributed by atoms with Gasteiger partial charge in [0.25, 0.3) is 5.91 Å². The summed E-state index contributed by atoms with van der Waals surface area (Å²) < 4.78 is 31.5. The van der Waals surface area contributed by atoms with E-state index in [4.69, 9.17) is 14.7 Å². The minimum atomic E-state index is -3.40. The van der Waals surface area contributed by atoms with Crippen LogP contribution < -0.4 is 14.5 Å². The third-order valence-corrected chi connectivity index (χ3v) is 8.59. The number of benzene rings is 2. The van der Waals surface area contributed by atoms with E-state index in [0.29, 0.717) is 30.0 Å². The number of hydrogen-bond donors (Lipinski definition) is 1. The minimum absolute atomic E-state index is 0.132. The van der Waals surface area contributed by atoms with Crippen LogP contribution in [0.25, 0.3) is 22.2 Å². The summed E-state index contributed by atoms with van der Waals surface area (Å²) in [7, 11) is -3.40. The predicted molar refractivity (Wildman–Crippen MR) is 158 cm³/mol. The third-order valence-electron chi connectivity index (χ3n) is 7.41. The van der Waals surface area contributed by atoms with Gasteiger partial charge in [-0.25, -0.2) is 23.4 Å². The van der Waals surface area contributed by atoms with Gasteiger partial charge in [0.05, 0.1) is 41.9 Å². The number of carbonyl (C=O) groups excluding carboxylic acids is 1. The number of aromatic nitrogens is 3. The number of carbonyl (C=O) groups is 1. The quantitative estimate of drug-likeness (QED) is 0.373. The lowest BCUT2D eigenvalue weighted by atomic mass is 10.1. The van der Waals surface area contributed by atoms with Crippen LogP contribution >= 0.6 is 0 Å². The average molecular weight is 573 g/mol. The van der Waals surface area contributed by atoms with Crippen molar-refractivity contribution >= 4 is 38.3 Å². The summed E-state index contributed by atoms with van der Waals surface area (Å²) >= 11 is 0. The number of nitrogens with one attached hydrogen (secondary N) is 1. The molecule has 0 radical (unpaired) electrons. The summed E-state index contributed by atoms with van der Waals surface area (Å²) in [6.07, 6.45) is 3.83. The van der Waals surface area contributed by atoms with Gasteiger partial charge in [0.2, 0.25) is 10.0 Å². The van der Waals surface area contributed by atoms with Crippen LogP contribution in [0, 0.1) is 0 Å². The van der Waals surface area contributed by atoms with E-state index in [-0.39, 0.29) is 24.7 Å². The summed E-state index contributed by atoms with van der Waals surface area (Å²) in [4.78, 5) is 29.2. The van der Waals surface area contributed by atoms with Crippen LogP contribution in [0.4, 0.5) is 11.5 Å². The van der Waals surface area contributed by atoms with Crippen LogP contribution in [0.5, 0.6) is 0 Å². The van der Waals surface area contributed by atoms with Gasteiger partial charge in [0, 0.05) is 42.3 Å². The first-order valence-electron chi connectivity index (χ1n) is 13.7. The number of hydrogen-bond acceptors (Lipinski definition) is 8. The number of anilines is 2. The van der Waals surface area contributed by atoms with Crippen molar-refractivity contribution in [2.75, 3.05) is 35.1 Å². The van der Waals surface area contributed by atoms with Gasteiger partial charge in [-0.05, 0) is 56.2 Å². The van der Waals surface area contributed by atoms with Gasteiger partial charge >= 0.3 is 0 Å². The fraction of sp³-hybridized carbons (Fsp3) is 0.333. The summed E-state index contributed by atoms with van der Waals surface area (Å²) in [5, 5.41) is 3.75. The van der Waals surface area contributed by atoms with E-state index < -0.39 is 10.0 Å². The molecule has 0 bridgehead atoms. The smallest absolute Gasteiger partial charge is 0.251 e. The van der Waals surface area contributed by atoms with Crippen molar-refractivity contribution in [3.63, 3.8) is 0 Å². The van der Waals surface area contributed by atoms with Crippen LogP contribution in [0.15, 0.2) is 60.8 Å². The van der Waals surface area contributed by atoms with E-state index in [1.165, 1.54) is 10.6 Å². The maximum atomic E-state index is 12.9. The highest BCUT2D eigenvalue weighted by Gasteiger charge is 2.27. The van der Waals surface area contributed by atoms with Gasteiger partial charge in [-0.15, -0.1) is 0 Å². The molecule has 1 N–H and O–H groups in total. The molecule has 2 aromatic heterocycles. The summed E-state index contributed by atoms with van der Waals surface area (Å²) in [6.45, 7) is 6.26. The number of sulfonamides is 1. The molecule has 1 saturated heterocycles. The molecule has 1 fully saturated rings. The largest absolute Gasteiger partial charge is 0.372 e. The van der Waals surface area contributed by atoms with Crippen molar-refractivity contribution in [2.24, 2.45) is 0 Å². The van der Waals surface area contributed by atoms with E-state index in [2.05, 4.69) is 29.0 Å². The first-order chi connectivity index (χ1) is 19.6. The molecule has 212 valence electrons. The molecule has 11 heteroatoms. The number of rotatable bonds is 6. The molecular formula is C30H32N6O4S. The predicted octanol–water partition coefficient (Wildman–Crippen LogP) is 3.56. The highest BCUT2D eigenvalue weighted by atomic mass is 32.2. The molecule has 4 aromatic rings. The maximum absolute atomic E-state index is 12.9. The normalized spacial score (nSPS) is 18.9. The van der Waals surface area contributed by atoms with Crippen molar-refractivity contribution in [1.82, 2.24) is 20.3 Å². The van der Waals surface area contributed by atoms with Gasteiger partial charge in [-0.3, -0.25) is 9.10 Å². The van der Waals surface area contributed by atoms with Crippen molar-refractivity contribution in [3.8, 4) is 11.3 Å². The molecule has 2 aromatic carbocycles. The molecule has 0 spiro atoms. The van der Waals surface area contributed by atoms with Crippen molar-refractivity contribution in [3.05, 3.63) is 77.7 Å². The molecule has 0 aliphatic carbocycles. The van der Waals surface area contributed by atoms with Crippen LogP contribution in [-0.4, -0.2) is 67.4 Å². The number of fused-ring (bicyclic) bond motifs is 2. The number of nitrogens with zero attached hydrogens (tertiary/aromatic N) is 5. The lowest BCUT2D eigenvalue weighted by Crippen LogP contribution is -2.45. The first-order valence-corrected chi connectivity index (χ1v) is 15.5. The van der Waals surface area contributed by atoms with Gasteiger partial charge in [0.1, 0.15) is 11.6 Å². The zero-order valence-corrected chi connectivity index (χ0v) is 24.1. The number of pyridine rings is 1. The zero-order chi connectivity index (χ0) is 28.7. The Morgan fingerprint density at radius 3 is 2.63 bits per heavy atom. The van der Waals surface area contributed by atoms with Crippen molar-refractivity contribution in [1.29, 1.82) is 0 Å². The molecule has 41 heavy (non-hydrogen) atoms. The van der Waals surface area contributed by atoms with Crippen LogP contribution in [0.2, 0.25) is 0 Å². The highest BCUT2D eigenvalue weighted by Crippen LogP contribution is 2.31. The van der Waals surface area contributed by atoms with E-state index in [1.807, 2.05) is 42.5 Å². The van der Waals surface area contributed by atoms with E-state index in [0.717, 1.165) is 46.6 Å².